The summed E-state index contributed by atoms with van der Waals surface area (Å²) >= 11 is 0. The van der Waals surface area contributed by atoms with E-state index in [1.165, 1.54) is 22.1 Å². The molecule has 3 heteroatoms. The highest BCUT2D eigenvalue weighted by molar-refractivity contribution is 5.90. The third-order valence-electron chi connectivity index (χ3n) is 4.39. The van der Waals surface area contributed by atoms with E-state index in [4.69, 9.17) is 5.10 Å². The Morgan fingerprint density at radius 3 is 2.86 bits per heavy atom. The highest BCUT2D eigenvalue weighted by Crippen LogP contribution is 2.35. The van der Waals surface area contributed by atoms with Crippen LogP contribution in [0.5, 0.6) is 0 Å². The van der Waals surface area contributed by atoms with Gasteiger partial charge >= 0.3 is 0 Å². The molecule has 3 aromatic rings. The molecule has 0 fully saturated rings. The molecule has 1 N–H and O–H groups in total. The first-order valence-electron chi connectivity index (χ1n) is 7.52. The van der Waals surface area contributed by atoms with Crippen molar-refractivity contribution in [3.8, 4) is 0 Å². The average Bonchev–Trinajstić information content (AvgIpc) is 2.86. The zero-order chi connectivity index (χ0) is 14.4. The summed E-state index contributed by atoms with van der Waals surface area (Å²) in [6, 6.07) is 15.4. The SMILES string of the molecule is Cc1ccc(C2CCNc3c4ccccc4nn32)c(C)c1. The standard InChI is InChI=1S/C18H19N3/c1-12-7-8-14(13(2)11-12)17-9-10-19-18-15-5-3-4-6-16(15)20-21(17)18/h3-8,11,17,19H,9-10H2,1-2H3. The van der Waals surface area contributed by atoms with Crippen LogP contribution in [0.2, 0.25) is 0 Å². The maximum atomic E-state index is 4.83. The van der Waals surface area contributed by atoms with Gasteiger partial charge in [0.05, 0.1) is 11.6 Å². The molecule has 0 aliphatic carbocycles. The summed E-state index contributed by atoms with van der Waals surface area (Å²) in [7, 11) is 0. The van der Waals surface area contributed by atoms with E-state index >= 15 is 0 Å². The van der Waals surface area contributed by atoms with Crippen molar-refractivity contribution >= 4 is 16.7 Å². The number of aryl methyl sites for hydroxylation is 2. The van der Waals surface area contributed by atoms with Crippen LogP contribution in [0.3, 0.4) is 0 Å². The van der Waals surface area contributed by atoms with Crippen molar-refractivity contribution in [2.24, 2.45) is 0 Å². The molecule has 21 heavy (non-hydrogen) atoms. The molecule has 1 atom stereocenters. The van der Waals surface area contributed by atoms with Crippen molar-refractivity contribution in [1.29, 1.82) is 0 Å². The lowest BCUT2D eigenvalue weighted by Gasteiger charge is -2.27. The van der Waals surface area contributed by atoms with Crippen LogP contribution < -0.4 is 5.32 Å². The molecule has 106 valence electrons. The van der Waals surface area contributed by atoms with Gasteiger partial charge in [-0.1, -0.05) is 35.9 Å². The number of nitrogens with one attached hydrogen (secondary N) is 1. The summed E-state index contributed by atoms with van der Waals surface area (Å²) in [5, 5.41) is 9.56. The van der Waals surface area contributed by atoms with Gasteiger partial charge < -0.3 is 5.32 Å². The zero-order valence-corrected chi connectivity index (χ0v) is 12.4. The summed E-state index contributed by atoms with van der Waals surface area (Å²) in [6.45, 7) is 5.34. The van der Waals surface area contributed by atoms with E-state index in [1.54, 1.807) is 0 Å². The molecule has 4 rings (SSSR count). The van der Waals surface area contributed by atoms with Crippen molar-refractivity contribution in [3.63, 3.8) is 0 Å². The number of aromatic nitrogens is 2. The van der Waals surface area contributed by atoms with E-state index in [1.807, 2.05) is 6.07 Å². The molecule has 0 saturated heterocycles. The fourth-order valence-corrected chi connectivity index (χ4v) is 3.39. The van der Waals surface area contributed by atoms with Crippen LogP contribution in [0.4, 0.5) is 5.82 Å². The molecule has 1 aromatic heterocycles. The lowest BCUT2D eigenvalue weighted by molar-refractivity contribution is 0.484. The predicted octanol–water partition coefficient (Wildman–Crippen LogP) is 4.06. The molecule has 1 aliphatic rings. The second-order valence-corrected chi connectivity index (χ2v) is 5.90. The normalized spacial score (nSPS) is 17.5. The predicted molar refractivity (Wildman–Crippen MR) is 86.9 cm³/mol. The Bertz CT molecular complexity index is 816. The molecule has 3 nitrogen and oxygen atoms in total. The minimum Gasteiger partial charge on any atom is -0.370 e. The number of hydrogen-bond acceptors (Lipinski definition) is 2. The monoisotopic (exact) mass is 277 g/mol. The van der Waals surface area contributed by atoms with Crippen LogP contribution in [0, 0.1) is 13.8 Å². The van der Waals surface area contributed by atoms with Gasteiger partial charge in [-0.2, -0.15) is 5.10 Å². The van der Waals surface area contributed by atoms with Crippen molar-refractivity contribution in [1.82, 2.24) is 9.78 Å². The van der Waals surface area contributed by atoms with Crippen molar-refractivity contribution in [3.05, 3.63) is 59.2 Å². The van der Waals surface area contributed by atoms with Crippen molar-refractivity contribution in [2.45, 2.75) is 26.3 Å². The Balaban J connectivity index is 1.90. The van der Waals surface area contributed by atoms with Gasteiger partial charge in [0, 0.05) is 11.9 Å². The Kier molecular flexibility index (Phi) is 2.74. The summed E-state index contributed by atoms with van der Waals surface area (Å²) < 4.78 is 2.17. The molecular weight excluding hydrogens is 258 g/mol. The fraction of sp³-hybridized carbons (Fsp3) is 0.278. The lowest BCUT2D eigenvalue weighted by atomic mass is 9.96. The van der Waals surface area contributed by atoms with Gasteiger partial charge in [0.15, 0.2) is 0 Å². The lowest BCUT2D eigenvalue weighted by Crippen LogP contribution is -2.24. The summed E-state index contributed by atoms with van der Waals surface area (Å²) in [4.78, 5) is 0. The molecular formula is C18H19N3. The Morgan fingerprint density at radius 1 is 1.14 bits per heavy atom. The van der Waals surface area contributed by atoms with Crippen LogP contribution in [-0.4, -0.2) is 16.3 Å². The van der Waals surface area contributed by atoms with E-state index < -0.39 is 0 Å². The summed E-state index contributed by atoms with van der Waals surface area (Å²) in [5.41, 5.74) is 5.12. The zero-order valence-electron chi connectivity index (χ0n) is 12.4. The summed E-state index contributed by atoms with van der Waals surface area (Å²) in [5.74, 6) is 1.15. The largest absolute Gasteiger partial charge is 0.370 e. The Hall–Kier alpha value is -2.29. The number of fused-ring (bicyclic) bond motifs is 3. The van der Waals surface area contributed by atoms with Crippen molar-refractivity contribution < 1.29 is 0 Å². The third kappa shape index (κ3) is 1.92. The van der Waals surface area contributed by atoms with Crippen LogP contribution >= 0.6 is 0 Å². The van der Waals surface area contributed by atoms with Crippen LogP contribution in [0.1, 0.15) is 29.2 Å². The number of anilines is 1. The van der Waals surface area contributed by atoms with E-state index in [2.05, 4.69) is 60.2 Å². The van der Waals surface area contributed by atoms with Gasteiger partial charge in [0.25, 0.3) is 0 Å². The Labute approximate surface area is 124 Å². The minimum atomic E-state index is 0.328. The highest BCUT2D eigenvalue weighted by Gasteiger charge is 2.25. The number of rotatable bonds is 1. The van der Waals surface area contributed by atoms with Gasteiger partial charge in [-0.15, -0.1) is 0 Å². The van der Waals surface area contributed by atoms with E-state index in [0.29, 0.717) is 6.04 Å². The highest BCUT2D eigenvalue weighted by atomic mass is 15.4. The van der Waals surface area contributed by atoms with Crippen LogP contribution in [0.25, 0.3) is 10.9 Å². The van der Waals surface area contributed by atoms with Gasteiger partial charge in [-0.3, -0.25) is 0 Å². The maximum absolute atomic E-state index is 4.83. The molecule has 2 heterocycles. The number of nitrogens with zero attached hydrogens (tertiary/aromatic N) is 2. The quantitative estimate of drug-likeness (QED) is 0.727. The van der Waals surface area contributed by atoms with Gasteiger partial charge in [-0.25, -0.2) is 4.68 Å². The average molecular weight is 277 g/mol. The molecule has 0 spiro atoms. The smallest absolute Gasteiger partial charge is 0.132 e. The molecule has 0 amide bonds. The first-order valence-corrected chi connectivity index (χ1v) is 7.52. The number of hydrogen-bond donors (Lipinski definition) is 1. The topological polar surface area (TPSA) is 29.9 Å². The first-order chi connectivity index (χ1) is 10.2. The van der Waals surface area contributed by atoms with Crippen LogP contribution in [0.15, 0.2) is 42.5 Å². The fourth-order valence-electron chi connectivity index (χ4n) is 3.39. The van der Waals surface area contributed by atoms with Gasteiger partial charge in [0.1, 0.15) is 5.82 Å². The van der Waals surface area contributed by atoms with E-state index in [0.717, 1.165) is 24.3 Å². The van der Waals surface area contributed by atoms with Gasteiger partial charge in [0.2, 0.25) is 0 Å². The number of benzene rings is 2. The van der Waals surface area contributed by atoms with Gasteiger partial charge in [-0.05, 0) is 43.5 Å². The van der Waals surface area contributed by atoms with Crippen LogP contribution in [-0.2, 0) is 0 Å². The molecule has 1 aliphatic heterocycles. The van der Waals surface area contributed by atoms with E-state index in [9.17, 15) is 0 Å². The third-order valence-corrected chi connectivity index (χ3v) is 4.39. The molecule has 0 bridgehead atoms. The second-order valence-electron chi connectivity index (χ2n) is 5.90. The maximum Gasteiger partial charge on any atom is 0.132 e. The van der Waals surface area contributed by atoms with Crippen molar-refractivity contribution in [2.75, 3.05) is 11.9 Å². The molecule has 0 radical (unpaired) electrons. The second kappa shape index (κ2) is 4.62. The van der Waals surface area contributed by atoms with E-state index in [-0.39, 0.29) is 0 Å². The molecule has 2 aromatic carbocycles. The first kappa shape index (κ1) is 12.5. The minimum absolute atomic E-state index is 0.328. The molecule has 1 unspecified atom stereocenters. The summed E-state index contributed by atoms with van der Waals surface area (Å²) in [6.07, 6.45) is 1.07. The molecule has 0 saturated carbocycles. The Morgan fingerprint density at radius 2 is 2.00 bits per heavy atom.